The number of pyridine rings is 1. The van der Waals surface area contributed by atoms with E-state index >= 15 is 0 Å². The summed E-state index contributed by atoms with van der Waals surface area (Å²) in [5, 5.41) is 14.2. The Morgan fingerprint density at radius 1 is 1.58 bits per heavy atom. The molecule has 0 fully saturated rings. The monoisotopic (exact) mass is 266 g/mol. The molecule has 4 N–H and O–H groups in total. The number of nitrogens with two attached hydrogens (primary N) is 1. The Hall–Kier alpha value is -2.31. The lowest BCUT2D eigenvalue weighted by Crippen LogP contribution is -2.40. The molecule has 0 saturated heterocycles. The van der Waals surface area contributed by atoms with E-state index in [2.05, 4.69) is 15.5 Å². The zero-order valence-electron chi connectivity index (χ0n) is 11.1. The molecule has 19 heavy (non-hydrogen) atoms. The van der Waals surface area contributed by atoms with E-state index in [1.165, 1.54) is 6.20 Å². The average molecular weight is 266 g/mol. The van der Waals surface area contributed by atoms with Crippen molar-refractivity contribution < 1.29 is 14.7 Å². The number of oxime groups is 1. The minimum absolute atomic E-state index is 0.154. The maximum atomic E-state index is 11.7. The molecule has 1 atom stereocenters. The first-order valence-electron chi connectivity index (χ1n) is 5.70. The Bertz CT molecular complexity index is 454. The molecule has 0 bridgehead atoms. The zero-order chi connectivity index (χ0) is 14.5. The third kappa shape index (κ3) is 4.82. The minimum atomic E-state index is -0.798. The van der Waals surface area contributed by atoms with Crippen molar-refractivity contribution in [3.05, 3.63) is 30.1 Å². The van der Waals surface area contributed by atoms with Crippen molar-refractivity contribution in [3.8, 4) is 0 Å². The third-order valence-corrected chi connectivity index (χ3v) is 2.09. The number of aromatic nitrogens is 1. The second-order valence-corrected chi connectivity index (χ2v) is 4.89. The molecule has 1 heterocycles. The SMILES string of the molecule is CC(C)(C)OC(=O)N[C@H](C(N)=NO)c1cccnc1. The minimum Gasteiger partial charge on any atom is -0.444 e. The van der Waals surface area contributed by atoms with Gasteiger partial charge in [-0.1, -0.05) is 11.2 Å². The van der Waals surface area contributed by atoms with E-state index < -0.39 is 17.7 Å². The molecule has 0 aliphatic rings. The Balaban J connectivity index is 2.86. The van der Waals surface area contributed by atoms with Crippen molar-refractivity contribution in [3.63, 3.8) is 0 Å². The van der Waals surface area contributed by atoms with Gasteiger partial charge >= 0.3 is 6.09 Å². The van der Waals surface area contributed by atoms with Gasteiger partial charge in [-0.2, -0.15) is 0 Å². The highest BCUT2D eigenvalue weighted by molar-refractivity contribution is 5.89. The molecule has 1 amide bonds. The summed E-state index contributed by atoms with van der Waals surface area (Å²) >= 11 is 0. The lowest BCUT2D eigenvalue weighted by atomic mass is 10.1. The Morgan fingerprint density at radius 3 is 2.74 bits per heavy atom. The van der Waals surface area contributed by atoms with Crippen molar-refractivity contribution in [1.82, 2.24) is 10.3 Å². The Morgan fingerprint density at radius 2 is 2.26 bits per heavy atom. The van der Waals surface area contributed by atoms with Gasteiger partial charge in [-0.3, -0.25) is 4.98 Å². The number of ether oxygens (including phenoxy) is 1. The van der Waals surface area contributed by atoms with Crippen molar-refractivity contribution in [1.29, 1.82) is 0 Å². The first-order valence-corrected chi connectivity index (χ1v) is 5.70. The molecule has 0 aromatic carbocycles. The number of amidine groups is 1. The van der Waals surface area contributed by atoms with Crippen molar-refractivity contribution in [2.45, 2.75) is 32.4 Å². The Kier molecular flexibility index (Phi) is 4.68. The summed E-state index contributed by atoms with van der Waals surface area (Å²) < 4.78 is 5.12. The van der Waals surface area contributed by atoms with Crippen LogP contribution in [0.3, 0.4) is 0 Å². The van der Waals surface area contributed by atoms with E-state index in [4.69, 9.17) is 15.7 Å². The molecule has 7 nitrogen and oxygen atoms in total. The van der Waals surface area contributed by atoms with Crippen LogP contribution in [0.2, 0.25) is 0 Å². The van der Waals surface area contributed by atoms with Crippen molar-refractivity contribution in [2.24, 2.45) is 10.9 Å². The molecule has 0 unspecified atom stereocenters. The predicted octanol–water partition coefficient (Wildman–Crippen LogP) is 1.39. The molecule has 0 spiro atoms. The van der Waals surface area contributed by atoms with Gasteiger partial charge in [-0.25, -0.2) is 4.79 Å². The highest BCUT2D eigenvalue weighted by Gasteiger charge is 2.23. The second kappa shape index (κ2) is 6.03. The van der Waals surface area contributed by atoms with Crippen LogP contribution in [0, 0.1) is 0 Å². The summed E-state index contributed by atoms with van der Waals surface area (Å²) in [7, 11) is 0. The van der Waals surface area contributed by atoms with E-state index in [0.717, 1.165) is 0 Å². The number of amides is 1. The summed E-state index contributed by atoms with van der Waals surface area (Å²) in [5.74, 6) is -0.154. The normalized spacial score (nSPS) is 13.7. The number of nitrogens with one attached hydrogen (secondary N) is 1. The quantitative estimate of drug-likeness (QED) is 0.331. The van der Waals surface area contributed by atoms with E-state index in [0.29, 0.717) is 5.56 Å². The smallest absolute Gasteiger partial charge is 0.408 e. The van der Waals surface area contributed by atoms with E-state index in [1.807, 2.05) is 0 Å². The van der Waals surface area contributed by atoms with Gasteiger partial charge in [0.05, 0.1) is 0 Å². The molecule has 1 aromatic heterocycles. The van der Waals surface area contributed by atoms with Gasteiger partial charge in [0.15, 0.2) is 5.84 Å². The van der Waals surface area contributed by atoms with Crippen LogP contribution in [0.1, 0.15) is 32.4 Å². The maximum absolute atomic E-state index is 11.7. The summed E-state index contributed by atoms with van der Waals surface area (Å²) in [6.07, 6.45) is 2.44. The standard InChI is InChI=1S/C12H18N4O3/c1-12(2,3)19-11(17)15-9(10(13)16-18)8-5-4-6-14-7-8/h4-7,9,18H,1-3H3,(H2,13,16)(H,15,17)/t9-/m0/s1. The van der Waals surface area contributed by atoms with Crippen molar-refractivity contribution in [2.75, 3.05) is 0 Å². The van der Waals surface area contributed by atoms with E-state index in [-0.39, 0.29) is 5.84 Å². The van der Waals surface area contributed by atoms with Gasteiger partial charge in [0.1, 0.15) is 11.6 Å². The third-order valence-electron chi connectivity index (χ3n) is 2.09. The summed E-state index contributed by atoms with van der Waals surface area (Å²) in [5.41, 5.74) is 5.52. The first-order chi connectivity index (χ1) is 8.83. The highest BCUT2D eigenvalue weighted by Crippen LogP contribution is 2.13. The van der Waals surface area contributed by atoms with Crippen LogP contribution in [0.4, 0.5) is 4.79 Å². The lowest BCUT2D eigenvalue weighted by Gasteiger charge is -2.23. The van der Waals surface area contributed by atoms with Crippen LogP contribution in [0.25, 0.3) is 0 Å². The van der Waals surface area contributed by atoms with Gasteiger partial charge < -0.3 is 21.0 Å². The average Bonchev–Trinajstić information content (AvgIpc) is 2.34. The fourth-order valence-corrected chi connectivity index (χ4v) is 1.36. The van der Waals surface area contributed by atoms with Gasteiger partial charge in [-0.15, -0.1) is 0 Å². The number of rotatable bonds is 3. The highest BCUT2D eigenvalue weighted by atomic mass is 16.6. The van der Waals surface area contributed by atoms with Gasteiger partial charge in [0.2, 0.25) is 0 Å². The van der Waals surface area contributed by atoms with Crippen LogP contribution in [-0.2, 0) is 4.74 Å². The largest absolute Gasteiger partial charge is 0.444 e. The number of nitrogens with zero attached hydrogens (tertiary/aromatic N) is 2. The van der Waals surface area contributed by atoms with Crippen LogP contribution in [-0.4, -0.2) is 27.7 Å². The lowest BCUT2D eigenvalue weighted by molar-refractivity contribution is 0.0516. The van der Waals surface area contributed by atoms with Gasteiger partial charge in [-0.05, 0) is 26.8 Å². The number of hydrogen-bond acceptors (Lipinski definition) is 5. The second-order valence-electron chi connectivity index (χ2n) is 4.89. The van der Waals surface area contributed by atoms with E-state index in [9.17, 15) is 4.79 Å². The molecule has 0 aliphatic heterocycles. The first kappa shape index (κ1) is 14.7. The van der Waals surface area contributed by atoms with Gasteiger partial charge in [0.25, 0.3) is 0 Å². The molecular formula is C12H18N4O3. The fourth-order valence-electron chi connectivity index (χ4n) is 1.36. The number of carbonyl (C=O) groups is 1. The topological polar surface area (TPSA) is 110 Å². The summed E-state index contributed by atoms with van der Waals surface area (Å²) in [4.78, 5) is 15.6. The predicted molar refractivity (Wildman–Crippen MR) is 69.8 cm³/mol. The number of hydrogen-bond donors (Lipinski definition) is 3. The molecule has 7 heteroatoms. The zero-order valence-corrected chi connectivity index (χ0v) is 11.1. The van der Waals surface area contributed by atoms with Crippen LogP contribution in [0.5, 0.6) is 0 Å². The van der Waals surface area contributed by atoms with Crippen LogP contribution >= 0.6 is 0 Å². The molecule has 104 valence electrons. The molecule has 0 radical (unpaired) electrons. The number of alkyl carbamates (subject to hydrolysis) is 1. The maximum Gasteiger partial charge on any atom is 0.408 e. The van der Waals surface area contributed by atoms with Gasteiger partial charge in [0, 0.05) is 18.0 Å². The molecule has 0 saturated carbocycles. The molecular weight excluding hydrogens is 248 g/mol. The summed E-state index contributed by atoms with van der Waals surface area (Å²) in [6, 6.07) is 2.59. The fraction of sp³-hybridized carbons (Fsp3) is 0.417. The molecule has 1 rings (SSSR count). The van der Waals surface area contributed by atoms with E-state index in [1.54, 1.807) is 39.1 Å². The Labute approximate surface area is 111 Å². The molecule has 0 aliphatic carbocycles. The van der Waals surface area contributed by atoms with Crippen molar-refractivity contribution >= 4 is 11.9 Å². The van der Waals surface area contributed by atoms with Crippen LogP contribution in [0.15, 0.2) is 29.7 Å². The van der Waals surface area contributed by atoms with Crippen LogP contribution < -0.4 is 11.1 Å². The number of carbonyl (C=O) groups excluding carboxylic acids is 1. The summed E-state index contributed by atoms with van der Waals surface area (Å²) in [6.45, 7) is 5.24. The molecule has 1 aromatic rings.